The van der Waals surface area contributed by atoms with Crippen molar-refractivity contribution < 1.29 is 13.2 Å². The first-order chi connectivity index (χ1) is 10.4. The number of nitrogens with one attached hydrogen (secondary N) is 1. The van der Waals surface area contributed by atoms with E-state index < -0.39 is 9.84 Å². The topological polar surface area (TPSA) is 63.2 Å². The van der Waals surface area contributed by atoms with E-state index in [-0.39, 0.29) is 10.8 Å². The first kappa shape index (κ1) is 14.7. The van der Waals surface area contributed by atoms with Crippen LogP contribution < -0.4 is 5.32 Å². The maximum atomic E-state index is 12.4. The SMILES string of the molecule is CS(=O)(=O)c1cccc(NC(=O)c2csc3ccccc23)c1. The maximum Gasteiger partial charge on any atom is 0.257 e. The number of fused-ring (bicyclic) bond motifs is 1. The van der Waals surface area contributed by atoms with Crippen molar-refractivity contribution in [2.45, 2.75) is 4.90 Å². The lowest BCUT2D eigenvalue weighted by Crippen LogP contribution is -2.11. The van der Waals surface area contributed by atoms with E-state index in [2.05, 4.69) is 5.32 Å². The van der Waals surface area contributed by atoms with E-state index in [4.69, 9.17) is 0 Å². The zero-order chi connectivity index (χ0) is 15.7. The van der Waals surface area contributed by atoms with Gasteiger partial charge < -0.3 is 5.32 Å². The molecule has 4 nitrogen and oxygen atoms in total. The van der Waals surface area contributed by atoms with Crippen LogP contribution in [0.15, 0.2) is 58.8 Å². The maximum absolute atomic E-state index is 12.4. The minimum Gasteiger partial charge on any atom is -0.322 e. The van der Waals surface area contributed by atoms with Crippen LogP contribution in [0.1, 0.15) is 10.4 Å². The highest BCUT2D eigenvalue weighted by atomic mass is 32.2. The van der Waals surface area contributed by atoms with Crippen LogP contribution in [0, 0.1) is 0 Å². The molecule has 0 radical (unpaired) electrons. The number of rotatable bonds is 3. The minimum absolute atomic E-state index is 0.181. The molecule has 1 N–H and O–H groups in total. The fourth-order valence-corrected chi connectivity index (χ4v) is 3.76. The zero-order valence-electron chi connectivity index (χ0n) is 11.7. The van der Waals surface area contributed by atoms with Gasteiger partial charge in [0.05, 0.1) is 10.5 Å². The average molecular weight is 331 g/mol. The predicted molar refractivity (Wildman–Crippen MR) is 89.3 cm³/mol. The Morgan fingerprint density at radius 1 is 1.09 bits per heavy atom. The number of sulfone groups is 1. The van der Waals surface area contributed by atoms with Gasteiger partial charge in [0.25, 0.3) is 5.91 Å². The van der Waals surface area contributed by atoms with Gasteiger partial charge in [0, 0.05) is 27.4 Å². The van der Waals surface area contributed by atoms with Crippen molar-refractivity contribution in [2.24, 2.45) is 0 Å². The van der Waals surface area contributed by atoms with Gasteiger partial charge in [0.2, 0.25) is 0 Å². The molecule has 0 aliphatic rings. The number of hydrogen-bond acceptors (Lipinski definition) is 4. The molecule has 0 bridgehead atoms. The third kappa shape index (κ3) is 2.88. The lowest BCUT2D eigenvalue weighted by molar-refractivity contribution is 0.102. The van der Waals surface area contributed by atoms with Gasteiger partial charge in [-0.1, -0.05) is 24.3 Å². The Balaban J connectivity index is 1.92. The van der Waals surface area contributed by atoms with E-state index in [9.17, 15) is 13.2 Å². The summed E-state index contributed by atoms with van der Waals surface area (Å²) in [5.41, 5.74) is 1.05. The summed E-state index contributed by atoms with van der Waals surface area (Å²) in [5, 5.41) is 5.45. The summed E-state index contributed by atoms with van der Waals surface area (Å²) < 4.78 is 24.2. The molecule has 112 valence electrons. The molecule has 0 unspecified atom stereocenters. The Labute approximate surface area is 132 Å². The number of carbonyl (C=O) groups excluding carboxylic acids is 1. The second-order valence-electron chi connectivity index (χ2n) is 4.90. The van der Waals surface area contributed by atoms with Crippen LogP contribution in [0.3, 0.4) is 0 Å². The van der Waals surface area contributed by atoms with Crippen LogP contribution in [0.4, 0.5) is 5.69 Å². The molecular formula is C16H13NO3S2. The van der Waals surface area contributed by atoms with Gasteiger partial charge in [-0.2, -0.15) is 0 Å². The molecule has 0 spiro atoms. The molecule has 0 atom stereocenters. The standard InChI is InChI=1S/C16H13NO3S2/c1-22(19,20)12-6-4-5-11(9-12)17-16(18)14-10-21-15-8-3-2-7-13(14)15/h2-10H,1H3,(H,17,18). The molecule has 0 aliphatic heterocycles. The van der Waals surface area contributed by atoms with Crippen molar-refractivity contribution in [1.29, 1.82) is 0 Å². The molecule has 0 saturated carbocycles. The van der Waals surface area contributed by atoms with E-state index in [1.165, 1.54) is 23.5 Å². The third-order valence-electron chi connectivity index (χ3n) is 3.25. The molecule has 2 aromatic carbocycles. The van der Waals surface area contributed by atoms with E-state index in [1.54, 1.807) is 17.5 Å². The second-order valence-corrected chi connectivity index (χ2v) is 7.83. The van der Waals surface area contributed by atoms with E-state index in [1.807, 2.05) is 24.3 Å². The number of benzene rings is 2. The van der Waals surface area contributed by atoms with Crippen molar-refractivity contribution in [3.63, 3.8) is 0 Å². The molecule has 3 aromatic rings. The number of carbonyl (C=O) groups is 1. The molecule has 0 saturated heterocycles. The van der Waals surface area contributed by atoms with Gasteiger partial charge in [0.15, 0.2) is 9.84 Å². The van der Waals surface area contributed by atoms with E-state index in [0.29, 0.717) is 11.3 Å². The number of thiophene rings is 1. The summed E-state index contributed by atoms with van der Waals surface area (Å²) in [5.74, 6) is -0.247. The molecule has 3 rings (SSSR count). The number of anilines is 1. The Hall–Kier alpha value is -2.18. The van der Waals surface area contributed by atoms with E-state index >= 15 is 0 Å². The smallest absolute Gasteiger partial charge is 0.257 e. The lowest BCUT2D eigenvalue weighted by Gasteiger charge is -2.06. The van der Waals surface area contributed by atoms with Gasteiger partial charge in [0.1, 0.15) is 0 Å². The fraction of sp³-hybridized carbons (Fsp3) is 0.0625. The van der Waals surface area contributed by atoms with Gasteiger partial charge >= 0.3 is 0 Å². The predicted octanol–water partition coefficient (Wildman–Crippen LogP) is 3.56. The van der Waals surface area contributed by atoms with Crippen molar-refractivity contribution in [3.05, 3.63) is 59.5 Å². The Bertz CT molecular complexity index is 958. The first-order valence-corrected chi connectivity index (χ1v) is 9.30. The van der Waals surface area contributed by atoms with Crippen molar-refractivity contribution in [2.75, 3.05) is 11.6 Å². The highest BCUT2D eigenvalue weighted by Crippen LogP contribution is 2.26. The minimum atomic E-state index is -3.30. The van der Waals surface area contributed by atoms with Gasteiger partial charge in [-0.15, -0.1) is 11.3 Å². The Morgan fingerprint density at radius 2 is 1.86 bits per heavy atom. The fourth-order valence-electron chi connectivity index (χ4n) is 2.16. The van der Waals surface area contributed by atoms with Crippen LogP contribution in [-0.2, 0) is 9.84 Å². The summed E-state index contributed by atoms with van der Waals surface area (Å²) in [6.45, 7) is 0. The lowest BCUT2D eigenvalue weighted by atomic mass is 10.1. The third-order valence-corrected chi connectivity index (χ3v) is 5.32. The van der Waals surface area contributed by atoms with Crippen LogP contribution >= 0.6 is 11.3 Å². The molecule has 1 aromatic heterocycles. The molecule has 0 fully saturated rings. The molecule has 0 aliphatic carbocycles. The summed E-state index contributed by atoms with van der Waals surface area (Å²) >= 11 is 1.50. The molecule has 22 heavy (non-hydrogen) atoms. The van der Waals surface area contributed by atoms with Crippen LogP contribution in [-0.4, -0.2) is 20.6 Å². The summed E-state index contributed by atoms with van der Waals surface area (Å²) in [6.07, 6.45) is 1.14. The summed E-state index contributed by atoms with van der Waals surface area (Å²) in [7, 11) is -3.30. The van der Waals surface area contributed by atoms with Gasteiger partial charge in [-0.3, -0.25) is 4.79 Å². The Kier molecular flexibility index (Phi) is 3.72. The number of hydrogen-bond donors (Lipinski definition) is 1. The zero-order valence-corrected chi connectivity index (χ0v) is 13.4. The van der Waals surface area contributed by atoms with Crippen LogP contribution in [0.2, 0.25) is 0 Å². The summed E-state index contributed by atoms with van der Waals surface area (Å²) in [6, 6.07) is 13.9. The largest absolute Gasteiger partial charge is 0.322 e. The van der Waals surface area contributed by atoms with E-state index in [0.717, 1.165) is 16.3 Å². The van der Waals surface area contributed by atoms with Crippen LogP contribution in [0.25, 0.3) is 10.1 Å². The second kappa shape index (κ2) is 5.55. The number of amides is 1. The quantitative estimate of drug-likeness (QED) is 0.798. The van der Waals surface area contributed by atoms with Crippen molar-refractivity contribution in [3.8, 4) is 0 Å². The van der Waals surface area contributed by atoms with Gasteiger partial charge in [-0.05, 0) is 24.3 Å². The molecule has 1 amide bonds. The molecular weight excluding hydrogens is 318 g/mol. The molecule has 6 heteroatoms. The van der Waals surface area contributed by atoms with Gasteiger partial charge in [-0.25, -0.2) is 8.42 Å². The monoisotopic (exact) mass is 331 g/mol. The summed E-state index contributed by atoms with van der Waals surface area (Å²) in [4.78, 5) is 12.6. The average Bonchev–Trinajstić information content (AvgIpc) is 2.90. The Morgan fingerprint density at radius 3 is 2.64 bits per heavy atom. The highest BCUT2D eigenvalue weighted by molar-refractivity contribution is 7.90. The van der Waals surface area contributed by atoms with Crippen molar-refractivity contribution in [1.82, 2.24) is 0 Å². The van der Waals surface area contributed by atoms with Crippen LogP contribution in [0.5, 0.6) is 0 Å². The normalized spacial score (nSPS) is 11.5. The highest BCUT2D eigenvalue weighted by Gasteiger charge is 2.13. The first-order valence-electron chi connectivity index (χ1n) is 6.53. The van der Waals surface area contributed by atoms with Crippen molar-refractivity contribution >= 4 is 42.9 Å². The molecule has 1 heterocycles.